The predicted molar refractivity (Wildman–Crippen MR) is 265 cm³/mol. The first-order valence-corrected chi connectivity index (χ1v) is 24.2. The quantitative estimate of drug-likeness (QED) is 0.0658. The number of ether oxygens (including phenoxy) is 2. The first kappa shape index (κ1) is 51.1. The van der Waals surface area contributed by atoms with Crippen molar-refractivity contribution in [3.05, 3.63) is 108 Å². The van der Waals surface area contributed by atoms with Crippen LogP contribution in [0.4, 0.5) is 0 Å². The molecule has 0 bridgehead atoms. The standard InChI is InChI=1S/C25H29N3O4S.C23H24N2O5S.2CH4/c1-5-33(30,31)19-8-6-7-17(12-19)20-9-10-22(32-15-18(29)14-28(3)4)24-23(20)21-11-16(2)13-26-25(21)27-24;1-3-31(28,29)17-6-4-5-15(10-17)18-7-8-20(30-13-16(27)12-26)22-21(18)19-9-14(2)11-24-23(19)25-22;;/h6-13,18,29H,5,14-15H2,1-4H3,(H,26,27);4-11,16,26-27H,3,12-13H2,1-2H3,(H,24,25);2*1H4/t18-;16-;;/m11../s1. The van der Waals surface area contributed by atoms with Crippen LogP contribution in [0.3, 0.4) is 0 Å². The summed E-state index contributed by atoms with van der Waals surface area (Å²) in [5, 5.41) is 32.6. The molecule has 0 spiro atoms. The van der Waals surface area contributed by atoms with Crippen LogP contribution >= 0.6 is 0 Å². The zero-order valence-corrected chi connectivity index (χ0v) is 38.2. The summed E-state index contributed by atoms with van der Waals surface area (Å²) in [6.07, 6.45) is 1.94. The van der Waals surface area contributed by atoms with Crippen LogP contribution in [0.15, 0.2) is 107 Å². The maximum atomic E-state index is 12.5. The van der Waals surface area contributed by atoms with Gasteiger partial charge in [0.2, 0.25) is 0 Å². The van der Waals surface area contributed by atoms with E-state index in [2.05, 4.69) is 26.0 Å². The van der Waals surface area contributed by atoms with E-state index >= 15 is 0 Å². The van der Waals surface area contributed by atoms with Crippen molar-refractivity contribution in [1.29, 1.82) is 0 Å². The number of aliphatic hydroxyl groups is 3. The Morgan fingerprint density at radius 2 is 1.06 bits per heavy atom. The number of likely N-dealkylation sites (N-methyl/N-ethyl adjacent to an activating group) is 1. The van der Waals surface area contributed by atoms with Gasteiger partial charge in [-0.05, 0) is 122 Å². The van der Waals surface area contributed by atoms with E-state index in [1.54, 1.807) is 68.7 Å². The highest BCUT2D eigenvalue weighted by atomic mass is 32.2. The number of pyridine rings is 2. The van der Waals surface area contributed by atoms with Gasteiger partial charge < -0.3 is 39.7 Å². The topological polar surface area (TPSA) is 208 Å². The van der Waals surface area contributed by atoms with Crippen LogP contribution < -0.4 is 9.47 Å². The number of hydrogen-bond donors (Lipinski definition) is 5. The molecule has 0 saturated carbocycles. The Balaban J connectivity index is 0.000000241. The highest BCUT2D eigenvalue weighted by Gasteiger charge is 2.21. The van der Waals surface area contributed by atoms with Gasteiger partial charge in [0.25, 0.3) is 0 Å². The molecule has 0 amide bonds. The van der Waals surface area contributed by atoms with Crippen molar-refractivity contribution in [1.82, 2.24) is 24.8 Å². The Morgan fingerprint density at radius 1 is 0.636 bits per heavy atom. The lowest BCUT2D eigenvalue weighted by atomic mass is 9.99. The predicted octanol–water partition coefficient (Wildman–Crippen LogP) is 8.28. The van der Waals surface area contributed by atoms with E-state index in [-0.39, 0.29) is 44.5 Å². The van der Waals surface area contributed by atoms with Gasteiger partial charge in [0.1, 0.15) is 48.2 Å². The minimum atomic E-state index is -3.34. The summed E-state index contributed by atoms with van der Waals surface area (Å²) < 4.78 is 61.5. The van der Waals surface area contributed by atoms with E-state index in [9.17, 15) is 27.0 Å². The summed E-state index contributed by atoms with van der Waals surface area (Å²) in [5.41, 5.74) is 8.17. The third-order valence-corrected chi connectivity index (χ3v) is 14.3. The zero-order chi connectivity index (χ0) is 45.9. The van der Waals surface area contributed by atoms with Crippen molar-refractivity contribution in [2.45, 2.75) is 64.5 Å². The summed E-state index contributed by atoms with van der Waals surface area (Å²) in [5.74, 6) is 1.20. The number of fused-ring (bicyclic) bond motifs is 6. The molecular weight excluding hydrogens is 879 g/mol. The Kier molecular flexibility index (Phi) is 16.4. The third kappa shape index (κ3) is 10.9. The van der Waals surface area contributed by atoms with Gasteiger partial charge in [-0.3, -0.25) is 0 Å². The van der Waals surface area contributed by atoms with Gasteiger partial charge in [-0.25, -0.2) is 26.8 Å². The van der Waals surface area contributed by atoms with Crippen molar-refractivity contribution in [3.63, 3.8) is 0 Å². The number of nitrogens with one attached hydrogen (secondary N) is 2. The number of aliphatic hydroxyl groups excluding tert-OH is 3. The van der Waals surface area contributed by atoms with E-state index in [0.717, 1.165) is 66.1 Å². The zero-order valence-electron chi connectivity index (χ0n) is 36.6. The van der Waals surface area contributed by atoms with Gasteiger partial charge in [-0.1, -0.05) is 53.0 Å². The molecule has 0 aliphatic heterocycles. The molecule has 0 unspecified atom stereocenters. The Morgan fingerprint density at radius 3 is 1.45 bits per heavy atom. The number of sulfone groups is 2. The molecule has 14 nitrogen and oxygen atoms in total. The second kappa shape index (κ2) is 21.2. The van der Waals surface area contributed by atoms with Crippen molar-refractivity contribution in [2.75, 3.05) is 52.0 Å². The molecule has 0 saturated heterocycles. The summed E-state index contributed by atoms with van der Waals surface area (Å²) in [6, 6.07) is 25.4. The fourth-order valence-electron chi connectivity index (χ4n) is 7.60. The first-order valence-electron chi connectivity index (χ1n) is 20.9. The molecule has 5 N–H and O–H groups in total. The molecule has 16 heteroatoms. The third-order valence-electron chi connectivity index (χ3n) is 10.8. The number of H-pyrrole nitrogens is 2. The number of rotatable bonds is 15. The maximum Gasteiger partial charge on any atom is 0.178 e. The lowest BCUT2D eigenvalue weighted by molar-refractivity contribution is 0.0540. The van der Waals surface area contributed by atoms with Gasteiger partial charge in [-0.2, -0.15) is 0 Å². The van der Waals surface area contributed by atoms with E-state index in [4.69, 9.17) is 14.6 Å². The van der Waals surface area contributed by atoms with Crippen LogP contribution in [-0.2, 0) is 19.7 Å². The number of aromatic nitrogens is 4. The number of aromatic amines is 2. The van der Waals surface area contributed by atoms with Gasteiger partial charge in [0.05, 0.1) is 38.9 Å². The van der Waals surface area contributed by atoms with Crippen molar-refractivity contribution in [3.8, 4) is 33.8 Å². The average Bonchev–Trinajstić information content (AvgIpc) is 3.86. The summed E-state index contributed by atoms with van der Waals surface area (Å²) in [7, 11) is -2.88. The van der Waals surface area contributed by atoms with Crippen LogP contribution in [0.1, 0.15) is 39.8 Å². The summed E-state index contributed by atoms with van der Waals surface area (Å²) in [4.78, 5) is 18.1. The molecule has 66 heavy (non-hydrogen) atoms. The molecule has 8 rings (SSSR count). The highest BCUT2D eigenvalue weighted by Crippen LogP contribution is 2.41. The lowest BCUT2D eigenvalue weighted by Gasteiger charge is -2.17. The fourth-order valence-corrected chi connectivity index (χ4v) is 9.45. The van der Waals surface area contributed by atoms with Gasteiger partial charge >= 0.3 is 0 Å². The first-order chi connectivity index (χ1) is 30.5. The monoisotopic (exact) mass is 939 g/mol. The molecule has 0 aliphatic carbocycles. The van der Waals surface area contributed by atoms with E-state index in [1.165, 1.54) is 0 Å². The van der Waals surface area contributed by atoms with Crippen LogP contribution in [0.2, 0.25) is 0 Å². The molecule has 2 atom stereocenters. The minimum absolute atomic E-state index is 0. The SMILES string of the molecule is C.C.CCS(=O)(=O)c1cccc(-c2ccc(OC[C@H](O)CN(C)C)c3[nH]c4ncc(C)cc4c23)c1.CCS(=O)(=O)c1cccc(-c2ccc(OC[C@H](O)CO)c3[nH]c4ncc(C)cc4c23)c1. The molecular formula is C50H61N5O9S2. The molecule has 4 heterocycles. The van der Waals surface area contributed by atoms with E-state index < -0.39 is 38.5 Å². The Hall–Kier alpha value is -5.88. The normalized spacial score (nSPS) is 12.7. The van der Waals surface area contributed by atoms with E-state index in [1.807, 2.05) is 69.2 Å². The van der Waals surface area contributed by atoms with Gasteiger partial charge in [0, 0.05) is 40.5 Å². The Labute approximate surface area is 387 Å². The highest BCUT2D eigenvalue weighted by molar-refractivity contribution is 7.91. The maximum absolute atomic E-state index is 12.5. The number of hydrogen-bond acceptors (Lipinski definition) is 12. The summed E-state index contributed by atoms with van der Waals surface area (Å²) >= 11 is 0. The van der Waals surface area contributed by atoms with Gasteiger partial charge in [-0.15, -0.1) is 0 Å². The van der Waals surface area contributed by atoms with Crippen LogP contribution in [0.25, 0.3) is 66.1 Å². The molecule has 4 aromatic carbocycles. The minimum Gasteiger partial charge on any atom is -0.489 e. The van der Waals surface area contributed by atoms with Crippen LogP contribution in [-0.4, -0.2) is 121 Å². The fraction of sp³-hybridized carbons (Fsp3) is 0.320. The molecule has 0 aliphatic rings. The van der Waals surface area contributed by atoms with Crippen LogP contribution in [0, 0.1) is 13.8 Å². The number of benzene rings is 4. The van der Waals surface area contributed by atoms with Crippen molar-refractivity contribution >= 4 is 63.5 Å². The average molecular weight is 940 g/mol. The summed E-state index contributed by atoms with van der Waals surface area (Å²) in [6.45, 7) is 7.40. The Bertz CT molecular complexity index is 3200. The smallest absolute Gasteiger partial charge is 0.178 e. The van der Waals surface area contributed by atoms with Crippen molar-refractivity contribution < 1.29 is 41.6 Å². The van der Waals surface area contributed by atoms with Gasteiger partial charge in [0.15, 0.2) is 19.7 Å². The van der Waals surface area contributed by atoms with Crippen molar-refractivity contribution in [2.24, 2.45) is 0 Å². The molecule has 0 radical (unpaired) electrons. The largest absolute Gasteiger partial charge is 0.489 e. The lowest BCUT2D eigenvalue weighted by Crippen LogP contribution is -2.30. The second-order valence-corrected chi connectivity index (χ2v) is 20.6. The van der Waals surface area contributed by atoms with Crippen LogP contribution in [0.5, 0.6) is 11.5 Å². The molecule has 8 aromatic rings. The second-order valence-electron chi connectivity index (χ2n) is 16.0. The molecule has 0 fully saturated rings. The molecule has 352 valence electrons. The number of nitrogens with zero attached hydrogens (tertiary/aromatic N) is 3. The molecule has 4 aromatic heterocycles. The number of aryl methyl sites for hydroxylation is 2. The van der Waals surface area contributed by atoms with E-state index in [0.29, 0.717) is 34.1 Å².